The van der Waals surface area contributed by atoms with Crippen molar-refractivity contribution in [1.82, 2.24) is 9.78 Å². The molecule has 0 fully saturated rings. The molecule has 4 nitrogen and oxygen atoms in total. The standard InChI is InChI=1S/C10H16N2O2/c1-4-5-8-7(2)9(6-10(13)14)12(3)11-8/h4-6H2,1-3H3,(H,13,14). The van der Waals surface area contributed by atoms with Crippen LogP contribution in [0.5, 0.6) is 0 Å². The highest BCUT2D eigenvalue weighted by atomic mass is 16.4. The van der Waals surface area contributed by atoms with Crippen molar-refractivity contribution in [3.8, 4) is 0 Å². The predicted octanol–water partition coefficient (Wildman–Crippen LogP) is 1.31. The summed E-state index contributed by atoms with van der Waals surface area (Å²) < 4.78 is 1.68. The Balaban J connectivity index is 2.98. The lowest BCUT2D eigenvalue weighted by Crippen LogP contribution is -2.07. The Morgan fingerprint density at radius 1 is 1.57 bits per heavy atom. The lowest BCUT2D eigenvalue weighted by Gasteiger charge is -1.98. The van der Waals surface area contributed by atoms with Crippen molar-refractivity contribution in [2.24, 2.45) is 7.05 Å². The Kier molecular flexibility index (Phi) is 3.28. The molecule has 0 saturated carbocycles. The molecule has 0 bridgehead atoms. The van der Waals surface area contributed by atoms with Gasteiger partial charge in [-0.15, -0.1) is 0 Å². The maximum absolute atomic E-state index is 10.6. The predicted molar refractivity (Wildman–Crippen MR) is 53.3 cm³/mol. The Labute approximate surface area is 83.5 Å². The third-order valence-electron chi connectivity index (χ3n) is 2.33. The van der Waals surface area contributed by atoms with Gasteiger partial charge in [-0.3, -0.25) is 9.48 Å². The number of aromatic nitrogens is 2. The molecule has 0 atom stereocenters. The summed E-state index contributed by atoms with van der Waals surface area (Å²) in [5.74, 6) is -0.806. The molecule has 14 heavy (non-hydrogen) atoms. The van der Waals surface area contributed by atoms with Gasteiger partial charge in [-0.1, -0.05) is 13.3 Å². The van der Waals surface area contributed by atoms with E-state index in [1.54, 1.807) is 11.7 Å². The summed E-state index contributed by atoms with van der Waals surface area (Å²) in [6.07, 6.45) is 2.00. The number of nitrogens with zero attached hydrogens (tertiary/aromatic N) is 2. The first-order chi connectivity index (χ1) is 6.56. The maximum atomic E-state index is 10.6. The third kappa shape index (κ3) is 2.13. The number of hydrogen-bond donors (Lipinski definition) is 1. The van der Waals surface area contributed by atoms with Gasteiger partial charge in [-0.05, 0) is 18.9 Å². The summed E-state index contributed by atoms with van der Waals surface area (Å²) in [6, 6.07) is 0. The Bertz CT molecular complexity index is 342. The highest BCUT2D eigenvalue weighted by molar-refractivity contribution is 5.70. The average molecular weight is 196 g/mol. The quantitative estimate of drug-likeness (QED) is 0.789. The molecule has 0 unspecified atom stereocenters. The van der Waals surface area contributed by atoms with Crippen molar-refractivity contribution in [2.75, 3.05) is 0 Å². The second-order valence-electron chi connectivity index (χ2n) is 3.46. The molecule has 1 aromatic heterocycles. The number of hydrogen-bond acceptors (Lipinski definition) is 2. The molecule has 1 aromatic rings. The molecule has 0 aromatic carbocycles. The molecule has 0 saturated heterocycles. The van der Waals surface area contributed by atoms with Gasteiger partial charge in [0.2, 0.25) is 0 Å². The number of aryl methyl sites for hydroxylation is 2. The number of rotatable bonds is 4. The average Bonchev–Trinajstić information content (AvgIpc) is 2.33. The zero-order chi connectivity index (χ0) is 10.7. The Morgan fingerprint density at radius 3 is 2.71 bits per heavy atom. The zero-order valence-electron chi connectivity index (χ0n) is 8.87. The molecule has 4 heteroatoms. The van der Waals surface area contributed by atoms with Crippen LogP contribution in [0.15, 0.2) is 0 Å². The van der Waals surface area contributed by atoms with Gasteiger partial charge in [0.1, 0.15) is 0 Å². The molecule has 0 aliphatic heterocycles. The van der Waals surface area contributed by atoms with Crippen LogP contribution in [0, 0.1) is 6.92 Å². The highest BCUT2D eigenvalue weighted by Gasteiger charge is 2.13. The molecule has 0 spiro atoms. The van der Waals surface area contributed by atoms with E-state index < -0.39 is 5.97 Å². The van der Waals surface area contributed by atoms with Crippen LogP contribution in [-0.4, -0.2) is 20.9 Å². The van der Waals surface area contributed by atoms with Gasteiger partial charge in [0.05, 0.1) is 17.8 Å². The van der Waals surface area contributed by atoms with Gasteiger partial charge < -0.3 is 5.11 Å². The van der Waals surface area contributed by atoms with Crippen LogP contribution in [0.1, 0.15) is 30.3 Å². The number of carbonyl (C=O) groups is 1. The fraction of sp³-hybridized carbons (Fsp3) is 0.600. The largest absolute Gasteiger partial charge is 0.481 e. The van der Waals surface area contributed by atoms with Crippen molar-refractivity contribution in [3.63, 3.8) is 0 Å². The molecular weight excluding hydrogens is 180 g/mol. The number of aliphatic carboxylic acids is 1. The van der Waals surface area contributed by atoms with E-state index in [2.05, 4.69) is 12.0 Å². The first kappa shape index (κ1) is 10.8. The minimum absolute atomic E-state index is 0.0546. The second-order valence-corrected chi connectivity index (χ2v) is 3.46. The van der Waals surface area contributed by atoms with Gasteiger partial charge in [0.15, 0.2) is 0 Å². The summed E-state index contributed by atoms with van der Waals surface area (Å²) >= 11 is 0. The van der Waals surface area contributed by atoms with Crippen LogP contribution in [-0.2, 0) is 24.7 Å². The fourth-order valence-corrected chi connectivity index (χ4v) is 1.59. The minimum Gasteiger partial charge on any atom is -0.481 e. The van der Waals surface area contributed by atoms with Gasteiger partial charge in [0.25, 0.3) is 0 Å². The molecule has 78 valence electrons. The van der Waals surface area contributed by atoms with Crippen LogP contribution in [0.2, 0.25) is 0 Å². The normalized spacial score (nSPS) is 10.5. The first-order valence-electron chi connectivity index (χ1n) is 4.79. The smallest absolute Gasteiger partial charge is 0.309 e. The number of carboxylic acids is 1. The molecule has 1 heterocycles. The summed E-state index contributed by atoms with van der Waals surface area (Å²) in [6.45, 7) is 4.03. The second kappa shape index (κ2) is 4.26. The van der Waals surface area contributed by atoms with Crippen molar-refractivity contribution in [3.05, 3.63) is 17.0 Å². The molecule has 1 rings (SSSR count). The van der Waals surface area contributed by atoms with E-state index in [-0.39, 0.29) is 6.42 Å². The summed E-state index contributed by atoms with van der Waals surface area (Å²) in [5, 5.41) is 13.0. The SMILES string of the molecule is CCCc1nn(C)c(CC(=O)O)c1C. The Morgan fingerprint density at radius 2 is 2.21 bits per heavy atom. The van der Waals surface area contributed by atoms with E-state index >= 15 is 0 Å². The van der Waals surface area contributed by atoms with Crippen molar-refractivity contribution in [2.45, 2.75) is 33.1 Å². The van der Waals surface area contributed by atoms with E-state index in [0.717, 1.165) is 29.8 Å². The van der Waals surface area contributed by atoms with E-state index in [1.165, 1.54) is 0 Å². The molecule has 1 N–H and O–H groups in total. The molecule has 0 aliphatic carbocycles. The summed E-state index contributed by atoms with van der Waals surface area (Å²) in [5.41, 5.74) is 2.85. The van der Waals surface area contributed by atoms with E-state index in [9.17, 15) is 4.79 Å². The van der Waals surface area contributed by atoms with Crippen molar-refractivity contribution < 1.29 is 9.90 Å². The van der Waals surface area contributed by atoms with Gasteiger partial charge in [-0.25, -0.2) is 0 Å². The van der Waals surface area contributed by atoms with Crippen molar-refractivity contribution >= 4 is 5.97 Å². The van der Waals surface area contributed by atoms with Gasteiger partial charge >= 0.3 is 5.97 Å². The Hall–Kier alpha value is -1.32. The van der Waals surface area contributed by atoms with Crippen LogP contribution in [0.4, 0.5) is 0 Å². The number of carboxylic acid groups (broad SMARTS) is 1. The molecule has 0 amide bonds. The monoisotopic (exact) mass is 196 g/mol. The minimum atomic E-state index is -0.806. The van der Waals surface area contributed by atoms with Crippen LogP contribution in [0.3, 0.4) is 0 Å². The van der Waals surface area contributed by atoms with E-state index in [1.807, 2.05) is 6.92 Å². The first-order valence-corrected chi connectivity index (χ1v) is 4.79. The molecular formula is C10H16N2O2. The van der Waals surface area contributed by atoms with Crippen molar-refractivity contribution in [1.29, 1.82) is 0 Å². The van der Waals surface area contributed by atoms with Gasteiger partial charge in [0, 0.05) is 7.05 Å². The highest BCUT2D eigenvalue weighted by Crippen LogP contribution is 2.14. The lowest BCUT2D eigenvalue weighted by molar-refractivity contribution is -0.136. The third-order valence-corrected chi connectivity index (χ3v) is 2.33. The van der Waals surface area contributed by atoms with E-state index in [0.29, 0.717) is 0 Å². The van der Waals surface area contributed by atoms with Gasteiger partial charge in [-0.2, -0.15) is 5.10 Å². The lowest BCUT2D eigenvalue weighted by atomic mass is 10.1. The maximum Gasteiger partial charge on any atom is 0.309 e. The summed E-state index contributed by atoms with van der Waals surface area (Å²) in [4.78, 5) is 10.6. The molecule has 0 aliphatic rings. The van der Waals surface area contributed by atoms with E-state index in [4.69, 9.17) is 5.11 Å². The van der Waals surface area contributed by atoms with Crippen LogP contribution in [0.25, 0.3) is 0 Å². The topological polar surface area (TPSA) is 55.1 Å². The van der Waals surface area contributed by atoms with Crippen LogP contribution >= 0.6 is 0 Å². The van der Waals surface area contributed by atoms with Crippen LogP contribution < -0.4 is 0 Å². The fourth-order valence-electron chi connectivity index (χ4n) is 1.59. The zero-order valence-corrected chi connectivity index (χ0v) is 8.87. The summed E-state index contributed by atoms with van der Waals surface area (Å²) in [7, 11) is 1.80. The molecule has 0 radical (unpaired) electrons.